The number of ether oxygens (including phenoxy) is 1. The molecule has 4 heteroatoms. The third-order valence-corrected chi connectivity index (χ3v) is 5.37. The number of piperidine rings is 1. The van der Waals surface area contributed by atoms with E-state index in [1.807, 2.05) is 12.3 Å². The van der Waals surface area contributed by atoms with Gasteiger partial charge in [-0.15, -0.1) is 0 Å². The van der Waals surface area contributed by atoms with Crippen molar-refractivity contribution >= 4 is 11.5 Å². The van der Waals surface area contributed by atoms with E-state index in [1.165, 1.54) is 29.2 Å². The van der Waals surface area contributed by atoms with Gasteiger partial charge in [-0.25, -0.2) is 0 Å². The van der Waals surface area contributed by atoms with Crippen molar-refractivity contribution in [1.82, 2.24) is 9.88 Å². The molecule has 1 saturated heterocycles. The molecule has 0 saturated carbocycles. The number of carbonyl (C=O) groups excluding carboxylic acids is 1. The van der Waals surface area contributed by atoms with Gasteiger partial charge < -0.3 is 9.64 Å². The van der Waals surface area contributed by atoms with Crippen LogP contribution in [0.5, 0.6) is 0 Å². The quantitative estimate of drug-likeness (QED) is 0.736. The molecule has 1 aliphatic carbocycles. The zero-order valence-electron chi connectivity index (χ0n) is 15.4. The van der Waals surface area contributed by atoms with Crippen LogP contribution in [0.2, 0.25) is 0 Å². The van der Waals surface area contributed by atoms with Crippen LogP contribution in [0.4, 0.5) is 0 Å². The fourth-order valence-electron chi connectivity index (χ4n) is 4.07. The Labute approximate surface area is 154 Å². The first-order valence-electron chi connectivity index (χ1n) is 9.25. The zero-order valence-corrected chi connectivity index (χ0v) is 15.4. The van der Waals surface area contributed by atoms with Crippen molar-refractivity contribution in [2.75, 3.05) is 20.1 Å². The van der Waals surface area contributed by atoms with Gasteiger partial charge in [-0.3, -0.25) is 9.78 Å². The van der Waals surface area contributed by atoms with Crippen molar-refractivity contribution < 1.29 is 9.53 Å². The molecule has 0 amide bonds. The fraction of sp³-hybridized carbons (Fsp3) is 0.364. The highest BCUT2D eigenvalue weighted by molar-refractivity contribution is 5.85. The highest BCUT2D eigenvalue weighted by Gasteiger charge is 2.30. The average molecular weight is 348 g/mol. The average Bonchev–Trinajstić information content (AvgIpc) is 2.77. The van der Waals surface area contributed by atoms with Gasteiger partial charge in [-0.2, -0.15) is 0 Å². The molecule has 1 aliphatic heterocycles. The van der Waals surface area contributed by atoms with Crippen molar-refractivity contribution in [2.45, 2.75) is 32.3 Å². The lowest BCUT2D eigenvalue weighted by molar-refractivity contribution is -0.146. The molecule has 2 aliphatic rings. The lowest BCUT2D eigenvalue weighted by atomic mass is 9.89. The van der Waals surface area contributed by atoms with Crippen LogP contribution in [0, 0.1) is 0 Å². The fourth-order valence-corrected chi connectivity index (χ4v) is 4.07. The number of benzene rings is 1. The molecule has 1 fully saturated rings. The second kappa shape index (κ2) is 7.04. The second-order valence-corrected chi connectivity index (χ2v) is 7.18. The van der Waals surface area contributed by atoms with E-state index in [-0.39, 0.29) is 12.1 Å². The van der Waals surface area contributed by atoms with E-state index in [2.05, 4.69) is 42.3 Å². The number of hydrogen-bond acceptors (Lipinski definition) is 4. The predicted molar refractivity (Wildman–Crippen MR) is 102 cm³/mol. The van der Waals surface area contributed by atoms with E-state index in [0.717, 1.165) is 37.2 Å². The smallest absolute Gasteiger partial charge is 0.303 e. The third kappa shape index (κ3) is 3.17. The normalized spacial score (nSPS) is 20.2. The highest BCUT2D eigenvalue weighted by Crippen LogP contribution is 2.41. The molecule has 2 aromatic rings. The van der Waals surface area contributed by atoms with Gasteiger partial charge in [0.05, 0.1) is 5.69 Å². The van der Waals surface area contributed by atoms with Crippen molar-refractivity contribution in [1.29, 1.82) is 0 Å². The van der Waals surface area contributed by atoms with E-state index in [1.54, 1.807) is 0 Å². The Balaban J connectivity index is 1.93. The molecule has 0 N–H and O–H groups in total. The Kier molecular flexibility index (Phi) is 4.60. The maximum absolute atomic E-state index is 11.7. The van der Waals surface area contributed by atoms with Gasteiger partial charge in [0.2, 0.25) is 0 Å². The maximum atomic E-state index is 11.7. The standard InChI is InChI=1S/C22H24N2O2/c1-15(25)26-20-14-17-6-3-4-7-18(17)21(16-9-12-24(2)13-10-16)22-19(20)8-5-11-23-22/h3-8,11,20H,9-10,12-14H2,1-2H3. The van der Waals surface area contributed by atoms with E-state index >= 15 is 0 Å². The number of fused-ring (bicyclic) bond motifs is 2. The van der Waals surface area contributed by atoms with Crippen LogP contribution >= 0.6 is 0 Å². The summed E-state index contributed by atoms with van der Waals surface area (Å²) in [5.41, 5.74) is 7.15. The second-order valence-electron chi connectivity index (χ2n) is 7.18. The van der Waals surface area contributed by atoms with Crippen molar-refractivity contribution in [3.05, 3.63) is 70.6 Å². The molecule has 0 radical (unpaired) electrons. The molecule has 4 rings (SSSR count). The number of nitrogens with zero attached hydrogens (tertiary/aromatic N) is 2. The minimum Gasteiger partial charge on any atom is -0.457 e. The first kappa shape index (κ1) is 17.0. The molecule has 26 heavy (non-hydrogen) atoms. The number of esters is 1. The molecule has 2 heterocycles. The minimum absolute atomic E-state index is 0.252. The number of carbonyl (C=O) groups is 1. The predicted octanol–water partition coefficient (Wildman–Crippen LogP) is 3.77. The van der Waals surface area contributed by atoms with Crippen LogP contribution in [0.3, 0.4) is 0 Å². The van der Waals surface area contributed by atoms with Crippen molar-refractivity contribution in [3.63, 3.8) is 0 Å². The Bertz CT molecular complexity index is 862. The summed E-state index contributed by atoms with van der Waals surface area (Å²) in [5, 5.41) is 0. The Morgan fingerprint density at radius 1 is 1.15 bits per heavy atom. The Morgan fingerprint density at radius 3 is 2.69 bits per heavy atom. The summed E-state index contributed by atoms with van der Waals surface area (Å²) in [6.07, 6.45) is 4.34. The molecular weight excluding hydrogens is 324 g/mol. The number of pyridine rings is 1. The summed E-state index contributed by atoms with van der Waals surface area (Å²) in [7, 11) is 2.17. The molecular formula is C22H24N2O2. The lowest BCUT2D eigenvalue weighted by Gasteiger charge is -2.27. The number of hydrogen-bond donors (Lipinski definition) is 0. The number of aromatic nitrogens is 1. The van der Waals surface area contributed by atoms with Crippen LogP contribution < -0.4 is 0 Å². The minimum atomic E-state index is -0.290. The largest absolute Gasteiger partial charge is 0.457 e. The van der Waals surface area contributed by atoms with Crippen LogP contribution in [0.1, 0.15) is 48.3 Å². The van der Waals surface area contributed by atoms with Gasteiger partial charge >= 0.3 is 5.97 Å². The summed E-state index contributed by atoms with van der Waals surface area (Å²) in [4.78, 5) is 18.8. The highest BCUT2D eigenvalue weighted by atomic mass is 16.5. The van der Waals surface area contributed by atoms with Crippen LogP contribution in [0.15, 0.2) is 48.2 Å². The van der Waals surface area contributed by atoms with Crippen LogP contribution in [-0.4, -0.2) is 36.0 Å². The van der Waals surface area contributed by atoms with Crippen molar-refractivity contribution in [3.8, 4) is 0 Å². The first-order valence-corrected chi connectivity index (χ1v) is 9.25. The molecule has 0 bridgehead atoms. The van der Waals surface area contributed by atoms with Gasteiger partial charge in [0.1, 0.15) is 6.10 Å². The van der Waals surface area contributed by atoms with E-state index < -0.39 is 0 Å². The third-order valence-electron chi connectivity index (χ3n) is 5.37. The van der Waals surface area contributed by atoms with Gasteiger partial charge in [-0.05, 0) is 37.1 Å². The van der Waals surface area contributed by atoms with Gasteiger partial charge in [-0.1, -0.05) is 35.9 Å². The van der Waals surface area contributed by atoms with E-state index in [4.69, 9.17) is 9.72 Å². The maximum Gasteiger partial charge on any atom is 0.303 e. The van der Waals surface area contributed by atoms with E-state index in [9.17, 15) is 4.79 Å². The Hall–Kier alpha value is -2.46. The lowest BCUT2D eigenvalue weighted by Crippen LogP contribution is -2.27. The molecule has 1 unspecified atom stereocenters. The van der Waals surface area contributed by atoms with Gasteiger partial charge in [0.15, 0.2) is 0 Å². The van der Waals surface area contributed by atoms with Crippen LogP contribution in [0.25, 0.3) is 5.57 Å². The topological polar surface area (TPSA) is 42.4 Å². The first-order chi connectivity index (χ1) is 12.6. The summed E-state index contributed by atoms with van der Waals surface area (Å²) in [5.74, 6) is -0.252. The summed E-state index contributed by atoms with van der Waals surface area (Å²) < 4.78 is 5.70. The Morgan fingerprint density at radius 2 is 1.92 bits per heavy atom. The zero-order chi connectivity index (χ0) is 18.1. The van der Waals surface area contributed by atoms with Gasteiger partial charge in [0, 0.05) is 43.8 Å². The molecule has 134 valence electrons. The SMILES string of the molecule is CC(=O)OC1Cc2ccccc2C(=C2CCN(C)CC2)c2ncccc21. The van der Waals surface area contributed by atoms with Crippen LogP contribution in [-0.2, 0) is 16.0 Å². The monoisotopic (exact) mass is 348 g/mol. The summed E-state index contributed by atoms with van der Waals surface area (Å²) in [6, 6.07) is 12.5. The molecule has 1 aromatic carbocycles. The molecule has 4 nitrogen and oxygen atoms in total. The number of rotatable bonds is 1. The summed E-state index contributed by atoms with van der Waals surface area (Å²) in [6.45, 7) is 3.61. The van der Waals surface area contributed by atoms with E-state index in [0.29, 0.717) is 6.42 Å². The molecule has 1 atom stereocenters. The molecule has 1 aromatic heterocycles. The number of likely N-dealkylation sites (tertiary alicyclic amines) is 1. The molecule has 0 spiro atoms. The summed E-state index contributed by atoms with van der Waals surface area (Å²) >= 11 is 0. The van der Waals surface area contributed by atoms with Gasteiger partial charge in [0.25, 0.3) is 0 Å². The van der Waals surface area contributed by atoms with Crippen molar-refractivity contribution in [2.24, 2.45) is 0 Å².